The standard InChI is InChI=1S/C31H39N3O4S/c1-6-7-18-32-31(36)26(5)33(21-27-12-8-10-24(3)19-27)30(35)22-34(28-13-9-11-25(4)20-28)39(37,38)29-16-14-23(2)15-17-29/h8-17,19-20,26H,6-7,18,21-22H2,1-5H3,(H,32,36)/t26-/m1/s1. The van der Waals surface area contributed by atoms with Crippen molar-refractivity contribution < 1.29 is 18.0 Å². The molecule has 0 aliphatic heterocycles. The van der Waals surface area contributed by atoms with Crippen molar-refractivity contribution in [1.29, 1.82) is 0 Å². The number of nitrogens with zero attached hydrogens (tertiary/aromatic N) is 2. The second-order valence-electron chi connectivity index (χ2n) is 9.99. The summed E-state index contributed by atoms with van der Waals surface area (Å²) in [5, 5.41) is 2.91. The Morgan fingerprint density at radius 3 is 2.13 bits per heavy atom. The number of rotatable bonds is 12. The summed E-state index contributed by atoms with van der Waals surface area (Å²) < 4.78 is 28.9. The number of anilines is 1. The highest BCUT2D eigenvalue weighted by Gasteiger charge is 2.32. The van der Waals surface area contributed by atoms with Gasteiger partial charge in [0.05, 0.1) is 10.6 Å². The van der Waals surface area contributed by atoms with Crippen molar-refractivity contribution in [3.63, 3.8) is 0 Å². The van der Waals surface area contributed by atoms with Crippen molar-refractivity contribution >= 4 is 27.5 Å². The van der Waals surface area contributed by atoms with Crippen LogP contribution in [0.1, 0.15) is 48.9 Å². The molecule has 1 atom stereocenters. The van der Waals surface area contributed by atoms with E-state index in [-0.39, 0.29) is 17.3 Å². The zero-order chi connectivity index (χ0) is 28.6. The van der Waals surface area contributed by atoms with E-state index in [4.69, 9.17) is 0 Å². The molecule has 0 saturated heterocycles. The summed E-state index contributed by atoms with van der Waals surface area (Å²) in [6.07, 6.45) is 1.77. The highest BCUT2D eigenvalue weighted by Crippen LogP contribution is 2.25. The highest BCUT2D eigenvalue weighted by atomic mass is 32.2. The maximum absolute atomic E-state index is 13.9. The lowest BCUT2D eigenvalue weighted by Crippen LogP contribution is -2.51. The Labute approximate surface area is 232 Å². The number of unbranched alkanes of at least 4 members (excludes halogenated alkanes) is 1. The molecule has 0 unspecified atom stereocenters. The van der Waals surface area contributed by atoms with Gasteiger partial charge in [0.15, 0.2) is 0 Å². The largest absolute Gasteiger partial charge is 0.354 e. The van der Waals surface area contributed by atoms with Crippen molar-refractivity contribution in [2.24, 2.45) is 0 Å². The van der Waals surface area contributed by atoms with E-state index < -0.39 is 28.5 Å². The van der Waals surface area contributed by atoms with Gasteiger partial charge in [-0.25, -0.2) is 8.42 Å². The van der Waals surface area contributed by atoms with E-state index in [9.17, 15) is 18.0 Å². The molecule has 0 bridgehead atoms. The minimum atomic E-state index is -4.07. The highest BCUT2D eigenvalue weighted by molar-refractivity contribution is 7.92. The molecule has 0 heterocycles. The van der Waals surface area contributed by atoms with E-state index in [2.05, 4.69) is 5.32 Å². The molecule has 39 heavy (non-hydrogen) atoms. The third kappa shape index (κ3) is 7.93. The van der Waals surface area contributed by atoms with Crippen LogP contribution in [0.5, 0.6) is 0 Å². The fraction of sp³-hybridized carbons (Fsp3) is 0.355. The lowest BCUT2D eigenvalue weighted by atomic mass is 10.1. The summed E-state index contributed by atoms with van der Waals surface area (Å²) in [7, 11) is -4.07. The number of benzene rings is 3. The van der Waals surface area contributed by atoms with Crippen LogP contribution >= 0.6 is 0 Å². The smallest absolute Gasteiger partial charge is 0.264 e. The molecule has 1 N–H and O–H groups in total. The molecule has 0 aliphatic carbocycles. The number of nitrogens with one attached hydrogen (secondary N) is 1. The zero-order valence-corrected chi connectivity index (χ0v) is 24.3. The van der Waals surface area contributed by atoms with Gasteiger partial charge in [0.2, 0.25) is 11.8 Å². The molecule has 0 saturated carbocycles. The second kappa shape index (κ2) is 13.4. The molecule has 0 spiro atoms. The van der Waals surface area contributed by atoms with E-state index >= 15 is 0 Å². The summed E-state index contributed by atoms with van der Waals surface area (Å²) in [6.45, 7) is 9.68. The van der Waals surface area contributed by atoms with Gasteiger partial charge in [-0.3, -0.25) is 13.9 Å². The van der Waals surface area contributed by atoms with Gasteiger partial charge in [-0.1, -0.05) is 73.0 Å². The first-order valence-corrected chi connectivity index (χ1v) is 14.8. The quantitative estimate of drug-likeness (QED) is 0.317. The normalized spacial score (nSPS) is 12.0. The minimum Gasteiger partial charge on any atom is -0.354 e. The van der Waals surface area contributed by atoms with Crippen LogP contribution in [0.15, 0.2) is 77.7 Å². The topological polar surface area (TPSA) is 86.8 Å². The van der Waals surface area contributed by atoms with Crippen molar-refractivity contribution in [1.82, 2.24) is 10.2 Å². The Bertz CT molecular complexity index is 1390. The molecule has 3 rings (SSSR count). The molecule has 0 radical (unpaired) electrons. The van der Waals surface area contributed by atoms with Gasteiger partial charge in [0, 0.05) is 13.1 Å². The van der Waals surface area contributed by atoms with Crippen LogP contribution in [0.3, 0.4) is 0 Å². The average molecular weight is 550 g/mol. The number of amides is 2. The third-order valence-corrected chi connectivity index (χ3v) is 8.40. The molecule has 0 aliphatic rings. The molecule has 0 aromatic heterocycles. The van der Waals surface area contributed by atoms with E-state index in [0.717, 1.165) is 39.4 Å². The summed E-state index contributed by atoms with van der Waals surface area (Å²) in [5.74, 6) is -0.736. The Balaban J connectivity index is 2.00. The summed E-state index contributed by atoms with van der Waals surface area (Å²) >= 11 is 0. The maximum Gasteiger partial charge on any atom is 0.264 e. The second-order valence-corrected chi connectivity index (χ2v) is 11.9. The van der Waals surface area contributed by atoms with Crippen LogP contribution in [0.4, 0.5) is 5.69 Å². The number of aryl methyl sites for hydroxylation is 3. The Hall–Kier alpha value is -3.65. The van der Waals surface area contributed by atoms with Crippen LogP contribution in [-0.2, 0) is 26.2 Å². The average Bonchev–Trinajstić information content (AvgIpc) is 2.90. The summed E-state index contributed by atoms with van der Waals surface area (Å²) in [6, 6.07) is 20.5. The van der Waals surface area contributed by atoms with Gasteiger partial charge in [0.1, 0.15) is 12.6 Å². The van der Waals surface area contributed by atoms with Crippen LogP contribution in [0, 0.1) is 20.8 Å². The van der Waals surface area contributed by atoms with E-state index in [1.54, 1.807) is 49.4 Å². The van der Waals surface area contributed by atoms with Crippen LogP contribution < -0.4 is 9.62 Å². The molecular formula is C31H39N3O4S. The fourth-order valence-corrected chi connectivity index (χ4v) is 5.68. The van der Waals surface area contributed by atoms with Crippen molar-refractivity contribution in [3.05, 3.63) is 95.1 Å². The summed E-state index contributed by atoms with van der Waals surface area (Å²) in [4.78, 5) is 28.5. The van der Waals surface area contributed by atoms with Crippen molar-refractivity contribution in [2.75, 3.05) is 17.4 Å². The van der Waals surface area contributed by atoms with E-state index in [1.165, 1.54) is 4.90 Å². The van der Waals surface area contributed by atoms with Crippen LogP contribution in [-0.4, -0.2) is 44.3 Å². The third-order valence-electron chi connectivity index (χ3n) is 6.61. The molecule has 8 heteroatoms. The molecular weight excluding hydrogens is 510 g/mol. The van der Waals surface area contributed by atoms with Crippen molar-refractivity contribution in [3.8, 4) is 0 Å². The first-order chi connectivity index (χ1) is 18.5. The molecule has 3 aromatic carbocycles. The van der Waals surface area contributed by atoms with E-state index in [0.29, 0.717) is 12.2 Å². The zero-order valence-electron chi connectivity index (χ0n) is 23.5. The molecule has 3 aromatic rings. The molecule has 7 nitrogen and oxygen atoms in total. The predicted molar refractivity (Wildman–Crippen MR) is 156 cm³/mol. The monoisotopic (exact) mass is 549 g/mol. The maximum atomic E-state index is 13.9. The van der Waals surface area contributed by atoms with Gasteiger partial charge >= 0.3 is 0 Å². The van der Waals surface area contributed by atoms with Gasteiger partial charge in [-0.2, -0.15) is 0 Å². The van der Waals surface area contributed by atoms with Gasteiger partial charge < -0.3 is 10.2 Å². The fourth-order valence-electron chi connectivity index (χ4n) is 4.28. The van der Waals surface area contributed by atoms with Crippen molar-refractivity contribution in [2.45, 2.75) is 64.9 Å². The molecule has 0 fully saturated rings. The van der Waals surface area contributed by atoms with Crippen LogP contribution in [0.2, 0.25) is 0 Å². The predicted octanol–water partition coefficient (Wildman–Crippen LogP) is 5.14. The lowest BCUT2D eigenvalue weighted by molar-refractivity contribution is -0.139. The Morgan fingerprint density at radius 1 is 0.872 bits per heavy atom. The number of sulfonamides is 1. The van der Waals surface area contributed by atoms with Gasteiger partial charge in [0.25, 0.3) is 10.0 Å². The Kier molecular flexibility index (Phi) is 10.3. The number of hydrogen-bond acceptors (Lipinski definition) is 4. The van der Waals surface area contributed by atoms with Crippen LogP contribution in [0.25, 0.3) is 0 Å². The summed E-state index contributed by atoms with van der Waals surface area (Å²) in [5.41, 5.74) is 4.08. The number of carbonyl (C=O) groups is 2. The van der Waals surface area contributed by atoms with Gasteiger partial charge in [-0.15, -0.1) is 0 Å². The first kappa shape index (κ1) is 29.9. The molecule has 208 valence electrons. The lowest BCUT2D eigenvalue weighted by Gasteiger charge is -2.32. The SMILES string of the molecule is CCCCNC(=O)[C@@H](C)N(Cc1cccc(C)c1)C(=O)CN(c1cccc(C)c1)S(=O)(=O)c1ccc(C)cc1. The Morgan fingerprint density at radius 2 is 1.51 bits per heavy atom. The first-order valence-electron chi connectivity index (χ1n) is 13.3. The number of hydrogen-bond donors (Lipinski definition) is 1. The minimum absolute atomic E-state index is 0.0954. The van der Waals surface area contributed by atoms with Gasteiger partial charge in [-0.05, 0) is 69.5 Å². The molecule has 2 amide bonds. The number of carbonyl (C=O) groups excluding carboxylic acids is 2. The van der Waals surface area contributed by atoms with E-state index in [1.807, 2.05) is 58.0 Å².